The lowest BCUT2D eigenvalue weighted by Gasteiger charge is -2.11. The van der Waals surface area contributed by atoms with Crippen molar-refractivity contribution in [3.63, 3.8) is 0 Å². The summed E-state index contributed by atoms with van der Waals surface area (Å²) < 4.78 is 37.2. The summed E-state index contributed by atoms with van der Waals surface area (Å²) in [6, 6.07) is 7.43. The zero-order chi connectivity index (χ0) is 15.5. The molecule has 0 aliphatic carbocycles. The van der Waals surface area contributed by atoms with Crippen LogP contribution in [0.25, 0.3) is 0 Å². The van der Waals surface area contributed by atoms with Crippen LogP contribution in [0.5, 0.6) is 0 Å². The normalized spacial score (nSPS) is 13.0. The van der Waals surface area contributed by atoms with Crippen molar-refractivity contribution in [2.24, 2.45) is 5.73 Å². The van der Waals surface area contributed by atoms with Gasteiger partial charge < -0.3 is 11.1 Å². The van der Waals surface area contributed by atoms with Gasteiger partial charge in [0, 0.05) is 11.4 Å². The van der Waals surface area contributed by atoms with Gasteiger partial charge in [0.05, 0.1) is 5.56 Å². The van der Waals surface area contributed by atoms with Gasteiger partial charge in [-0.05, 0) is 29.1 Å². The van der Waals surface area contributed by atoms with Crippen LogP contribution in [0, 0.1) is 0 Å². The number of thiophene rings is 1. The molecule has 0 fully saturated rings. The van der Waals surface area contributed by atoms with E-state index in [0.717, 1.165) is 17.0 Å². The number of carbonyl (C=O) groups is 1. The number of alkyl halides is 3. The fraction of sp³-hybridized carbons (Fsp3) is 0.214. The van der Waals surface area contributed by atoms with Gasteiger partial charge in [-0.25, -0.2) is 0 Å². The highest BCUT2D eigenvalue weighted by Gasteiger charge is 2.29. The first kappa shape index (κ1) is 15.5. The van der Waals surface area contributed by atoms with Gasteiger partial charge in [-0.2, -0.15) is 13.2 Å². The molecule has 3 N–H and O–H groups in total. The molecule has 0 radical (unpaired) electrons. The van der Waals surface area contributed by atoms with Crippen molar-refractivity contribution in [1.82, 2.24) is 5.32 Å². The van der Waals surface area contributed by atoms with Crippen molar-refractivity contribution in [1.29, 1.82) is 0 Å². The van der Waals surface area contributed by atoms with E-state index < -0.39 is 17.8 Å². The molecule has 0 saturated carbocycles. The van der Waals surface area contributed by atoms with Crippen LogP contribution in [0.2, 0.25) is 0 Å². The summed E-state index contributed by atoms with van der Waals surface area (Å²) in [7, 11) is 0. The Balaban J connectivity index is 1.92. The average molecular weight is 314 g/mol. The Labute approximate surface area is 123 Å². The first-order valence-corrected chi connectivity index (χ1v) is 6.99. The summed E-state index contributed by atoms with van der Waals surface area (Å²) in [5.41, 5.74) is 5.64. The predicted molar refractivity (Wildman–Crippen MR) is 74.5 cm³/mol. The van der Waals surface area contributed by atoms with E-state index in [1.54, 1.807) is 12.1 Å². The zero-order valence-corrected chi connectivity index (χ0v) is 11.7. The molecule has 1 unspecified atom stereocenters. The van der Waals surface area contributed by atoms with E-state index in [4.69, 9.17) is 5.73 Å². The van der Waals surface area contributed by atoms with Crippen LogP contribution in [-0.4, -0.2) is 5.91 Å². The van der Waals surface area contributed by atoms with Crippen molar-refractivity contribution in [2.45, 2.75) is 18.8 Å². The molecule has 21 heavy (non-hydrogen) atoms. The first-order valence-electron chi connectivity index (χ1n) is 6.11. The smallest absolute Gasteiger partial charge is 0.350 e. The average Bonchev–Trinajstić information content (AvgIpc) is 2.97. The highest BCUT2D eigenvalue weighted by molar-refractivity contribution is 7.10. The molecular weight excluding hydrogens is 301 g/mol. The van der Waals surface area contributed by atoms with Gasteiger partial charge in [-0.1, -0.05) is 18.2 Å². The number of amides is 1. The Morgan fingerprint density at radius 3 is 2.43 bits per heavy atom. The number of benzene rings is 1. The van der Waals surface area contributed by atoms with Crippen LogP contribution in [0.15, 0.2) is 41.8 Å². The molecular formula is C14H13F3N2OS. The lowest BCUT2D eigenvalue weighted by atomic mass is 10.1. The molecule has 7 heteroatoms. The number of halogens is 3. The second-order valence-corrected chi connectivity index (χ2v) is 5.38. The summed E-state index contributed by atoms with van der Waals surface area (Å²) in [4.78, 5) is 12.6. The summed E-state index contributed by atoms with van der Waals surface area (Å²) in [6.07, 6.45) is -4.36. The summed E-state index contributed by atoms with van der Waals surface area (Å²) >= 11 is 1.37. The van der Waals surface area contributed by atoms with E-state index in [-0.39, 0.29) is 12.5 Å². The summed E-state index contributed by atoms with van der Waals surface area (Å²) in [5, 5.41) is 4.42. The highest BCUT2D eigenvalue weighted by Crippen LogP contribution is 2.29. The number of carbonyl (C=O) groups excluding carboxylic acids is 1. The van der Waals surface area contributed by atoms with E-state index in [1.165, 1.54) is 23.5 Å². The first-order chi connectivity index (χ1) is 9.88. The number of nitrogens with two attached hydrogens (primary N) is 1. The summed E-state index contributed by atoms with van der Waals surface area (Å²) in [6.45, 7) is 0.135. The van der Waals surface area contributed by atoms with E-state index in [2.05, 4.69) is 5.32 Å². The van der Waals surface area contributed by atoms with Crippen molar-refractivity contribution < 1.29 is 18.0 Å². The van der Waals surface area contributed by atoms with Crippen molar-refractivity contribution in [3.8, 4) is 0 Å². The van der Waals surface area contributed by atoms with Crippen LogP contribution in [0.4, 0.5) is 13.2 Å². The van der Waals surface area contributed by atoms with Gasteiger partial charge in [0.15, 0.2) is 0 Å². The molecule has 0 bridgehead atoms. The number of hydrogen-bond acceptors (Lipinski definition) is 3. The summed E-state index contributed by atoms with van der Waals surface area (Å²) in [5.74, 6) is -0.364. The maximum atomic E-state index is 12.4. The third kappa shape index (κ3) is 4.05. The van der Waals surface area contributed by atoms with Crippen LogP contribution in [0.1, 0.15) is 22.0 Å². The second kappa shape index (κ2) is 6.28. The monoisotopic (exact) mass is 314 g/mol. The maximum absolute atomic E-state index is 12.4. The molecule has 112 valence electrons. The molecule has 0 spiro atoms. The van der Waals surface area contributed by atoms with Crippen molar-refractivity contribution in [2.75, 3.05) is 0 Å². The number of hydrogen-bond donors (Lipinski definition) is 2. The van der Waals surface area contributed by atoms with Crippen LogP contribution < -0.4 is 11.1 Å². The largest absolute Gasteiger partial charge is 0.416 e. The zero-order valence-electron chi connectivity index (χ0n) is 10.9. The van der Waals surface area contributed by atoms with Crippen molar-refractivity contribution in [3.05, 3.63) is 57.8 Å². The minimum absolute atomic E-state index is 0.135. The Kier molecular flexibility index (Phi) is 4.64. The van der Waals surface area contributed by atoms with E-state index in [1.807, 2.05) is 5.38 Å². The van der Waals surface area contributed by atoms with Gasteiger partial charge >= 0.3 is 6.18 Å². The molecule has 1 aromatic heterocycles. The molecule has 2 rings (SSSR count). The lowest BCUT2D eigenvalue weighted by Crippen LogP contribution is -2.33. The van der Waals surface area contributed by atoms with Crippen LogP contribution in [-0.2, 0) is 17.5 Å². The molecule has 3 nitrogen and oxygen atoms in total. The molecule has 1 heterocycles. The molecule has 0 saturated heterocycles. The topological polar surface area (TPSA) is 55.1 Å². The molecule has 1 amide bonds. The van der Waals surface area contributed by atoms with E-state index in [0.29, 0.717) is 5.56 Å². The Morgan fingerprint density at radius 1 is 1.24 bits per heavy atom. The fourth-order valence-corrected chi connectivity index (χ4v) is 2.43. The van der Waals surface area contributed by atoms with Gasteiger partial charge in [-0.15, -0.1) is 11.3 Å². The van der Waals surface area contributed by atoms with Crippen LogP contribution in [0.3, 0.4) is 0 Å². The number of nitrogens with one attached hydrogen (secondary N) is 1. The Morgan fingerprint density at radius 2 is 1.90 bits per heavy atom. The second-order valence-electron chi connectivity index (χ2n) is 4.41. The van der Waals surface area contributed by atoms with Crippen LogP contribution >= 0.6 is 11.3 Å². The SMILES string of the molecule is NC(C(=O)NCc1ccc(C(F)(F)F)cc1)c1cccs1. The van der Waals surface area contributed by atoms with Gasteiger partial charge in [-0.3, -0.25) is 4.79 Å². The predicted octanol–water partition coefficient (Wildman–Crippen LogP) is 3.08. The van der Waals surface area contributed by atoms with Crippen molar-refractivity contribution >= 4 is 17.2 Å². The molecule has 0 aliphatic heterocycles. The standard InChI is InChI=1S/C14H13F3N2OS/c15-14(16,17)10-5-3-9(4-6-10)8-19-13(20)12(18)11-2-1-7-21-11/h1-7,12H,8,18H2,(H,19,20). The lowest BCUT2D eigenvalue weighted by molar-refractivity contribution is -0.137. The third-order valence-electron chi connectivity index (χ3n) is 2.88. The van der Waals surface area contributed by atoms with Gasteiger partial charge in [0.1, 0.15) is 6.04 Å². The Bertz CT molecular complexity index is 594. The van der Waals surface area contributed by atoms with Gasteiger partial charge in [0.25, 0.3) is 0 Å². The highest BCUT2D eigenvalue weighted by atomic mass is 32.1. The molecule has 0 aliphatic rings. The maximum Gasteiger partial charge on any atom is 0.416 e. The number of rotatable bonds is 4. The molecule has 1 atom stereocenters. The minimum Gasteiger partial charge on any atom is -0.350 e. The molecule has 1 aromatic carbocycles. The van der Waals surface area contributed by atoms with E-state index in [9.17, 15) is 18.0 Å². The van der Waals surface area contributed by atoms with Gasteiger partial charge in [0.2, 0.25) is 5.91 Å². The minimum atomic E-state index is -4.36. The van der Waals surface area contributed by atoms with E-state index >= 15 is 0 Å². The third-order valence-corrected chi connectivity index (χ3v) is 3.84. The fourth-order valence-electron chi connectivity index (χ4n) is 1.71. The Hall–Kier alpha value is -1.86. The quantitative estimate of drug-likeness (QED) is 0.911. The molecule has 2 aromatic rings.